The van der Waals surface area contributed by atoms with E-state index in [1.165, 1.54) is 0 Å². The number of carbonyl (C=O) groups excluding carboxylic acids is 1. The molecule has 0 aromatic carbocycles. The van der Waals surface area contributed by atoms with Gasteiger partial charge in [0.1, 0.15) is 11.8 Å². The van der Waals surface area contributed by atoms with Crippen molar-refractivity contribution in [1.29, 1.82) is 0 Å². The van der Waals surface area contributed by atoms with Crippen LogP contribution in [0.2, 0.25) is 0 Å². The maximum atomic E-state index is 12.7. The molecular formula is C17H21N3O2S. The number of rotatable bonds is 6. The summed E-state index contributed by atoms with van der Waals surface area (Å²) in [7, 11) is 0. The second kappa shape index (κ2) is 7.10. The number of hydrogen-bond donors (Lipinski definition) is 0. The molecule has 0 N–H and O–H groups in total. The summed E-state index contributed by atoms with van der Waals surface area (Å²) in [5.41, 5.74) is 0.953. The van der Waals surface area contributed by atoms with Crippen LogP contribution in [-0.2, 0) is 4.79 Å². The first kappa shape index (κ1) is 16.0. The predicted octanol–water partition coefficient (Wildman–Crippen LogP) is 3.36. The number of amides is 1. The van der Waals surface area contributed by atoms with Crippen LogP contribution in [0, 0.1) is 0 Å². The zero-order chi connectivity index (χ0) is 16.2. The van der Waals surface area contributed by atoms with E-state index in [1.807, 2.05) is 29.6 Å². The van der Waals surface area contributed by atoms with Crippen LogP contribution in [0.1, 0.15) is 36.9 Å². The van der Waals surface area contributed by atoms with E-state index in [0.717, 1.165) is 29.4 Å². The average molecular weight is 331 g/mol. The Balaban J connectivity index is 1.84. The Morgan fingerprint density at radius 1 is 1.39 bits per heavy atom. The van der Waals surface area contributed by atoms with Gasteiger partial charge >= 0.3 is 0 Å². The summed E-state index contributed by atoms with van der Waals surface area (Å²) in [5, 5.41) is 8.24. The molecule has 0 saturated carbocycles. The largest absolute Gasteiger partial charge is 0.467 e. The molecule has 1 aliphatic rings. The van der Waals surface area contributed by atoms with Crippen molar-refractivity contribution in [1.82, 2.24) is 9.91 Å². The lowest BCUT2D eigenvalue weighted by Crippen LogP contribution is -2.38. The van der Waals surface area contributed by atoms with Gasteiger partial charge in [-0.25, -0.2) is 5.01 Å². The smallest absolute Gasteiger partial charge is 0.257 e. The third-order valence-electron chi connectivity index (χ3n) is 4.10. The molecule has 1 amide bonds. The van der Waals surface area contributed by atoms with Crippen molar-refractivity contribution in [3.05, 3.63) is 46.5 Å². The highest BCUT2D eigenvalue weighted by atomic mass is 32.1. The third kappa shape index (κ3) is 3.38. The monoisotopic (exact) mass is 331 g/mol. The van der Waals surface area contributed by atoms with Crippen LogP contribution in [-0.4, -0.2) is 41.2 Å². The average Bonchev–Trinajstić information content (AvgIpc) is 3.32. The Kier molecular flexibility index (Phi) is 4.93. The van der Waals surface area contributed by atoms with Crippen LogP contribution < -0.4 is 0 Å². The van der Waals surface area contributed by atoms with Gasteiger partial charge in [0.25, 0.3) is 5.91 Å². The van der Waals surface area contributed by atoms with Gasteiger partial charge in [-0.05, 0) is 36.7 Å². The van der Waals surface area contributed by atoms with Gasteiger partial charge in [-0.2, -0.15) is 5.10 Å². The predicted molar refractivity (Wildman–Crippen MR) is 91.6 cm³/mol. The van der Waals surface area contributed by atoms with Crippen LogP contribution in [0.3, 0.4) is 0 Å². The second-order valence-corrected chi connectivity index (χ2v) is 6.41. The third-order valence-corrected chi connectivity index (χ3v) is 5.02. The molecular weight excluding hydrogens is 310 g/mol. The van der Waals surface area contributed by atoms with Crippen LogP contribution >= 0.6 is 11.3 Å². The molecule has 0 fully saturated rings. The molecule has 0 spiro atoms. The summed E-state index contributed by atoms with van der Waals surface area (Å²) in [6.07, 6.45) is 2.34. The molecule has 0 radical (unpaired) electrons. The maximum absolute atomic E-state index is 12.7. The van der Waals surface area contributed by atoms with Gasteiger partial charge in [-0.15, -0.1) is 11.3 Å². The molecule has 122 valence electrons. The van der Waals surface area contributed by atoms with E-state index >= 15 is 0 Å². The van der Waals surface area contributed by atoms with Crippen LogP contribution in [0.25, 0.3) is 0 Å². The molecule has 2 aromatic heterocycles. The maximum Gasteiger partial charge on any atom is 0.257 e. The highest BCUT2D eigenvalue weighted by Crippen LogP contribution is 2.34. The van der Waals surface area contributed by atoms with Crippen LogP contribution in [0.15, 0.2) is 45.4 Å². The number of likely N-dealkylation sites (N-methyl/N-ethyl adjacent to an activating group) is 1. The van der Waals surface area contributed by atoms with E-state index < -0.39 is 0 Å². The van der Waals surface area contributed by atoms with Gasteiger partial charge in [-0.3, -0.25) is 9.69 Å². The SMILES string of the molecule is CCN(CC)CC(=O)N1N=C(c2cccs2)C[C@H]1c1ccco1. The van der Waals surface area contributed by atoms with Crippen molar-refractivity contribution in [2.75, 3.05) is 19.6 Å². The molecule has 0 saturated heterocycles. The van der Waals surface area contributed by atoms with E-state index in [2.05, 4.69) is 23.8 Å². The first-order valence-electron chi connectivity index (χ1n) is 7.92. The minimum Gasteiger partial charge on any atom is -0.467 e. The molecule has 0 unspecified atom stereocenters. The number of thiophene rings is 1. The lowest BCUT2D eigenvalue weighted by molar-refractivity contribution is -0.134. The molecule has 5 nitrogen and oxygen atoms in total. The minimum atomic E-state index is -0.148. The van der Waals surface area contributed by atoms with Gasteiger partial charge in [0.05, 0.1) is 23.4 Å². The molecule has 3 rings (SSSR count). The van der Waals surface area contributed by atoms with Crippen molar-refractivity contribution in [2.24, 2.45) is 5.10 Å². The molecule has 1 atom stereocenters. The molecule has 23 heavy (non-hydrogen) atoms. The zero-order valence-corrected chi connectivity index (χ0v) is 14.3. The first-order valence-corrected chi connectivity index (χ1v) is 8.80. The Bertz CT molecular complexity index is 660. The molecule has 0 bridgehead atoms. The standard InChI is InChI=1S/C17H21N3O2S/c1-3-19(4-2)12-17(21)20-14(15-7-5-9-22-15)11-13(18-20)16-8-6-10-23-16/h5-10,14H,3-4,11-12H2,1-2H3/t14-/m0/s1. The van der Waals surface area contributed by atoms with E-state index in [9.17, 15) is 4.79 Å². The van der Waals surface area contributed by atoms with Crippen molar-refractivity contribution >= 4 is 23.0 Å². The summed E-state index contributed by atoms with van der Waals surface area (Å²) in [4.78, 5) is 15.9. The molecule has 0 aliphatic carbocycles. The summed E-state index contributed by atoms with van der Waals surface area (Å²) < 4.78 is 5.54. The first-order chi connectivity index (χ1) is 11.2. The summed E-state index contributed by atoms with van der Waals surface area (Å²) >= 11 is 1.65. The lowest BCUT2D eigenvalue weighted by atomic mass is 10.1. The Labute approximate surface area is 140 Å². The topological polar surface area (TPSA) is 49.1 Å². The fraction of sp³-hybridized carbons (Fsp3) is 0.412. The van der Waals surface area contributed by atoms with Gasteiger partial charge in [-0.1, -0.05) is 19.9 Å². The fourth-order valence-electron chi connectivity index (χ4n) is 2.75. The van der Waals surface area contributed by atoms with Crippen molar-refractivity contribution < 1.29 is 9.21 Å². The highest BCUT2D eigenvalue weighted by molar-refractivity contribution is 7.12. The minimum absolute atomic E-state index is 0.0154. The molecule has 2 aromatic rings. The van der Waals surface area contributed by atoms with E-state index in [1.54, 1.807) is 22.6 Å². The summed E-state index contributed by atoms with van der Waals surface area (Å²) in [5.74, 6) is 0.801. The van der Waals surface area contributed by atoms with E-state index in [-0.39, 0.29) is 11.9 Å². The number of furan rings is 1. The summed E-state index contributed by atoms with van der Waals surface area (Å²) in [6, 6.07) is 7.66. The Morgan fingerprint density at radius 2 is 2.22 bits per heavy atom. The normalized spacial score (nSPS) is 17.8. The van der Waals surface area contributed by atoms with Crippen LogP contribution in [0.4, 0.5) is 0 Å². The van der Waals surface area contributed by atoms with E-state index in [0.29, 0.717) is 13.0 Å². The fourth-order valence-corrected chi connectivity index (χ4v) is 3.47. The molecule has 1 aliphatic heterocycles. The van der Waals surface area contributed by atoms with Gasteiger partial charge in [0.15, 0.2) is 0 Å². The summed E-state index contributed by atoms with van der Waals surface area (Å²) in [6.45, 7) is 6.20. The van der Waals surface area contributed by atoms with Crippen molar-refractivity contribution in [3.8, 4) is 0 Å². The second-order valence-electron chi connectivity index (χ2n) is 5.46. The van der Waals surface area contributed by atoms with Gasteiger partial charge in [0.2, 0.25) is 0 Å². The molecule has 3 heterocycles. The molecule has 6 heteroatoms. The quantitative estimate of drug-likeness (QED) is 0.815. The number of hydrogen-bond acceptors (Lipinski definition) is 5. The van der Waals surface area contributed by atoms with Gasteiger partial charge in [0, 0.05) is 6.42 Å². The van der Waals surface area contributed by atoms with Crippen molar-refractivity contribution in [3.63, 3.8) is 0 Å². The number of hydrazone groups is 1. The van der Waals surface area contributed by atoms with Crippen molar-refractivity contribution in [2.45, 2.75) is 26.3 Å². The Morgan fingerprint density at radius 3 is 2.83 bits per heavy atom. The van der Waals surface area contributed by atoms with E-state index in [4.69, 9.17) is 4.42 Å². The lowest BCUT2D eigenvalue weighted by Gasteiger charge is -2.24. The van der Waals surface area contributed by atoms with Crippen LogP contribution in [0.5, 0.6) is 0 Å². The Hall–Kier alpha value is -1.92. The number of carbonyl (C=O) groups is 1. The number of nitrogens with zero attached hydrogens (tertiary/aromatic N) is 3. The van der Waals surface area contributed by atoms with Gasteiger partial charge < -0.3 is 4.42 Å². The highest BCUT2D eigenvalue weighted by Gasteiger charge is 2.35. The zero-order valence-electron chi connectivity index (χ0n) is 13.4.